The van der Waals surface area contributed by atoms with Gasteiger partial charge in [-0.05, 0) is 5.92 Å². The van der Waals surface area contributed by atoms with Crippen LogP contribution in [0.3, 0.4) is 0 Å². The zero-order valence-corrected chi connectivity index (χ0v) is 14.5. The monoisotopic (exact) mass is 322 g/mol. The Morgan fingerprint density at radius 2 is 2.04 bits per heavy atom. The molecule has 2 amide bonds. The highest BCUT2D eigenvalue weighted by molar-refractivity contribution is 5.83. The number of pyridine rings is 1. The molecule has 0 aliphatic rings. The van der Waals surface area contributed by atoms with Crippen LogP contribution in [-0.4, -0.2) is 25.2 Å². The van der Waals surface area contributed by atoms with Crippen LogP contribution < -0.4 is 15.2 Å². The van der Waals surface area contributed by atoms with Gasteiger partial charge in [-0.15, -0.1) is 0 Å². The number of hydrogen-bond donors (Lipinski definition) is 2. The number of amides is 2. The van der Waals surface area contributed by atoms with Gasteiger partial charge in [0.25, 0.3) is 0 Å². The van der Waals surface area contributed by atoms with E-state index in [9.17, 15) is 9.59 Å². The van der Waals surface area contributed by atoms with Crippen molar-refractivity contribution in [1.29, 1.82) is 0 Å². The van der Waals surface area contributed by atoms with E-state index in [0.29, 0.717) is 6.54 Å². The predicted molar refractivity (Wildman–Crippen MR) is 87.6 cm³/mol. The average Bonchev–Trinajstić information content (AvgIpc) is 2.55. The molecule has 0 unspecified atom stereocenters. The van der Waals surface area contributed by atoms with Crippen molar-refractivity contribution < 1.29 is 18.9 Å². The fourth-order valence-electron chi connectivity index (χ4n) is 2.21. The molecule has 1 atom stereocenters. The van der Waals surface area contributed by atoms with Crippen LogP contribution in [0, 0.1) is 5.92 Å². The third kappa shape index (κ3) is 6.26. The second kappa shape index (κ2) is 9.82. The maximum absolute atomic E-state index is 12.0. The van der Waals surface area contributed by atoms with Crippen LogP contribution in [0.5, 0.6) is 0 Å². The SMILES string of the molecule is CCCC[n+]1ccccc1CNC(=O)N[C@H](C(=O)OC)C(C)C. The molecule has 0 aliphatic heterocycles. The van der Waals surface area contributed by atoms with Gasteiger partial charge in [-0.2, -0.15) is 0 Å². The van der Waals surface area contributed by atoms with E-state index in [4.69, 9.17) is 4.74 Å². The lowest BCUT2D eigenvalue weighted by atomic mass is 10.1. The summed E-state index contributed by atoms with van der Waals surface area (Å²) in [5, 5.41) is 5.47. The topological polar surface area (TPSA) is 71.3 Å². The van der Waals surface area contributed by atoms with Gasteiger partial charge >= 0.3 is 12.0 Å². The van der Waals surface area contributed by atoms with Crippen molar-refractivity contribution in [2.24, 2.45) is 5.92 Å². The number of aryl methyl sites for hydroxylation is 1. The van der Waals surface area contributed by atoms with Gasteiger partial charge in [0.05, 0.1) is 7.11 Å². The molecule has 0 radical (unpaired) electrons. The van der Waals surface area contributed by atoms with Gasteiger partial charge in [0.15, 0.2) is 6.20 Å². The fourth-order valence-corrected chi connectivity index (χ4v) is 2.21. The summed E-state index contributed by atoms with van der Waals surface area (Å²) in [5.74, 6) is -0.479. The Balaban J connectivity index is 2.60. The van der Waals surface area contributed by atoms with E-state index >= 15 is 0 Å². The molecule has 6 heteroatoms. The second-order valence-electron chi connectivity index (χ2n) is 5.81. The summed E-state index contributed by atoms with van der Waals surface area (Å²) in [6.07, 6.45) is 4.21. The van der Waals surface area contributed by atoms with Crippen LogP contribution in [0.1, 0.15) is 39.3 Å². The molecule has 23 heavy (non-hydrogen) atoms. The normalized spacial score (nSPS) is 11.9. The summed E-state index contributed by atoms with van der Waals surface area (Å²) in [5.41, 5.74) is 1.02. The van der Waals surface area contributed by atoms with Crippen molar-refractivity contribution in [3.8, 4) is 0 Å². The number of unbranched alkanes of at least 4 members (excludes halogenated alkanes) is 1. The van der Waals surface area contributed by atoms with E-state index in [-0.39, 0.29) is 11.9 Å². The first-order valence-electron chi connectivity index (χ1n) is 8.09. The summed E-state index contributed by atoms with van der Waals surface area (Å²) >= 11 is 0. The first-order chi connectivity index (χ1) is 11.0. The number of rotatable bonds is 8. The molecule has 0 aliphatic carbocycles. The third-order valence-corrected chi connectivity index (χ3v) is 3.63. The van der Waals surface area contributed by atoms with Crippen LogP contribution in [0.4, 0.5) is 4.79 Å². The van der Waals surface area contributed by atoms with Crippen molar-refractivity contribution in [1.82, 2.24) is 10.6 Å². The molecule has 0 aromatic carbocycles. The molecule has 1 rings (SSSR count). The summed E-state index contributed by atoms with van der Waals surface area (Å²) in [4.78, 5) is 23.7. The van der Waals surface area contributed by atoms with E-state index in [2.05, 4.69) is 22.1 Å². The van der Waals surface area contributed by atoms with E-state index in [0.717, 1.165) is 25.1 Å². The zero-order chi connectivity index (χ0) is 17.2. The molecule has 2 N–H and O–H groups in total. The van der Waals surface area contributed by atoms with Crippen LogP contribution in [0.2, 0.25) is 0 Å². The van der Waals surface area contributed by atoms with Crippen LogP contribution >= 0.6 is 0 Å². The van der Waals surface area contributed by atoms with E-state index < -0.39 is 12.0 Å². The molecular formula is C17H28N3O3+. The molecule has 0 bridgehead atoms. The Kier molecular flexibility index (Phi) is 8.08. The molecule has 6 nitrogen and oxygen atoms in total. The molecular weight excluding hydrogens is 294 g/mol. The van der Waals surface area contributed by atoms with Crippen molar-refractivity contribution in [2.45, 2.75) is 52.7 Å². The number of urea groups is 1. The van der Waals surface area contributed by atoms with Crippen molar-refractivity contribution in [3.63, 3.8) is 0 Å². The van der Waals surface area contributed by atoms with Gasteiger partial charge in [0, 0.05) is 18.6 Å². The number of ether oxygens (including phenoxy) is 1. The van der Waals surface area contributed by atoms with E-state index in [1.165, 1.54) is 7.11 Å². The number of aromatic nitrogens is 1. The maximum atomic E-state index is 12.0. The van der Waals surface area contributed by atoms with E-state index in [1.807, 2.05) is 38.2 Å². The van der Waals surface area contributed by atoms with E-state index in [1.54, 1.807) is 0 Å². The Bertz CT molecular complexity index is 518. The minimum atomic E-state index is -0.650. The molecule has 0 saturated carbocycles. The molecule has 1 heterocycles. The first-order valence-corrected chi connectivity index (χ1v) is 8.09. The van der Waals surface area contributed by atoms with Crippen LogP contribution in [0.15, 0.2) is 24.4 Å². The Morgan fingerprint density at radius 1 is 1.30 bits per heavy atom. The quantitative estimate of drug-likeness (QED) is 0.566. The molecule has 0 fully saturated rings. The third-order valence-electron chi connectivity index (χ3n) is 3.63. The lowest BCUT2D eigenvalue weighted by Crippen LogP contribution is -2.50. The Labute approximate surface area is 138 Å². The van der Waals surface area contributed by atoms with Gasteiger partial charge in [-0.3, -0.25) is 0 Å². The molecule has 1 aromatic heterocycles. The van der Waals surface area contributed by atoms with Gasteiger partial charge in [0.1, 0.15) is 19.1 Å². The minimum Gasteiger partial charge on any atom is -0.467 e. The molecule has 0 saturated heterocycles. The minimum absolute atomic E-state index is 0.0422. The van der Waals surface area contributed by atoms with Gasteiger partial charge in [-0.1, -0.05) is 33.3 Å². The molecule has 0 spiro atoms. The second-order valence-corrected chi connectivity index (χ2v) is 5.81. The molecule has 128 valence electrons. The number of hydrogen-bond acceptors (Lipinski definition) is 3. The predicted octanol–water partition coefficient (Wildman–Crippen LogP) is 1.77. The number of carbonyl (C=O) groups is 2. The van der Waals surface area contributed by atoms with Crippen molar-refractivity contribution in [2.75, 3.05) is 7.11 Å². The highest BCUT2D eigenvalue weighted by Crippen LogP contribution is 2.03. The largest absolute Gasteiger partial charge is 0.467 e. The molecule has 1 aromatic rings. The zero-order valence-electron chi connectivity index (χ0n) is 14.5. The number of nitrogens with zero attached hydrogens (tertiary/aromatic N) is 1. The highest BCUT2D eigenvalue weighted by atomic mass is 16.5. The Hall–Kier alpha value is -2.11. The summed E-state index contributed by atoms with van der Waals surface area (Å²) in [6.45, 7) is 7.19. The van der Waals surface area contributed by atoms with Gasteiger partial charge in [0.2, 0.25) is 5.69 Å². The van der Waals surface area contributed by atoms with Crippen LogP contribution in [0.25, 0.3) is 0 Å². The lowest BCUT2D eigenvalue weighted by molar-refractivity contribution is -0.704. The smallest absolute Gasteiger partial charge is 0.328 e. The average molecular weight is 322 g/mol. The lowest BCUT2D eigenvalue weighted by Gasteiger charge is -2.19. The van der Waals surface area contributed by atoms with Gasteiger partial charge < -0.3 is 15.4 Å². The maximum Gasteiger partial charge on any atom is 0.328 e. The van der Waals surface area contributed by atoms with Crippen molar-refractivity contribution in [3.05, 3.63) is 30.1 Å². The highest BCUT2D eigenvalue weighted by Gasteiger charge is 2.25. The summed E-state index contributed by atoms with van der Waals surface area (Å²) in [7, 11) is 1.32. The standard InChI is InChI=1S/C17H27N3O3/c1-5-6-10-20-11-8-7-9-14(20)12-18-17(22)19-15(13(2)3)16(21)23-4/h7-9,11,13,15H,5-6,10,12H2,1-4H3,(H-,18,19,22)/p+1/t15-/m0/s1. The summed E-state index contributed by atoms with van der Waals surface area (Å²) in [6, 6.07) is 4.88. The van der Waals surface area contributed by atoms with Gasteiger partial charge in [-0.25, -0.2) is 14.2 Å². The summed E-state index contributed by atoms with van der Waals surface area (Å²) < 4.78 is 6.84. The Morgan fingerprint density at radius 3 is 2.65 bits per heavy atom. The number of methoxy groups -OCH3 is 1. The fraction of sp³-hybridized carbons (Fsp3) is 0.588. The number of carbonyl (C=O) groups excluding carboxylic acids is 2. The first kappa shape index (κ1) is 18.9. The van der Waals surface area contributed by atoms with Crippen LogP contribution in [-0.2, 0) is 22.6 Å². The van der Waals surface area contributed by atoms with Crippen molar-refractivity contribution >= 4 is 12.0 Å². The number of esters is 1. The number of nitrogens with one attached hydrogen (secondary N) is 2.